The molecular weight excluding hydrogens is 228 g/mol. The largest absolute Gasteiger partial charge is 0.350 e. The number of carbonyl (C=O) groups excluding carboxylic acids is 1. The van der Waals surface area contributed by atoms with Crippen molar-refractivity contribution in [2.45, 2.75) is 32.7 Å². The highest BCUT2D eigenvalue weighted by molar-refractivity contribution is 5.76. The van der Waals surface area contributed by atoms with Crippen LogP contribution in [0.4, 0.5) is 0 Å². The van der Waals surface area contributed by atoms with Crippen molar-refractivity contribution < 1.29 is 4.79 Å². The Hall–Kier alpha value is -1.49. The molecule has 1 aliphatic heterocycles. The number of hydrogen-bond acceptors (Lipinski definition) is 4. The average Bonchev–Trinajstić information content (AvgIpc) is 2.38. The highest BCUT2D eigenvalue weighted by atomic mass is 16.1. The number of hydrogen-bond donors (Lipinski definition) is 2. The van der Waals surface area contributed by atoms with Crippen molar-refractivity contribution in [3.63, 3.8) is 0 Å². The van der Waals surface area contributed by atoms with Crippen molar-refractivity contribution in [2.24, 2.45) is 5.92 Å². The van der Waals surface area contributed by atoms with Crippen LogP contribution in [0.3, 0.4) is 0 Å². The second-order valence-corrected chi connectivity index (χ2v) is 4.77. The zero-order valence-electron chi connectivity index (χ0n) is 10.8. The van der Waals surface area contributed by atoms with Gasteiger partial charge in [0.05, 0.1) is 12.2 Å². The van der Waals surface area contributed by atoms with E-state index in [4.69, 9.17) is 0 Å². The molecule has 1 aromatic heterocycles. The molecule has 18 heavy (non-hydrogen) atoms. The molecular formula is C13H20N4O. The van der Waals surface area contributed by atoms with Gasteiger partial charge in [0.1, 0.15) is 5.82 Å². The second kappa shape index (κ2) is 6.44. The smallest absolute Gasteiger partial charge is 0.220 e. The van der Waals surface area contributed by atoms with Gasteiger partial charge >= 0.3 is 0 Å². The molecule has 2 rings (SSSR count). The minimum absolute atomic E-state index is 0.123. The Morgan fingerprint density at radius 2 is 2.28 bits per heavy atom. The fraction of sp³-hybridized carbons (Fsp3) is 0.615. The first-order chi connectivity index (χ1) is 8.74. The van der Waals surface area contributed by atoms with E-state index in [2.05, 4.69) is 20.6 Å². The molecule has 0 unspecified atom stereocenters. The van der Waals surface area contributed by atoms with E-state index in [0.717, 1.165) is 37.4 Å². The zero-order valence-corrected chi connectivity index (χ0v) is 10.8. The molecule has 5 nitrogen and oxygen atoms in total. The molecule has 2 N–H and O–H groups in total. The topological polar surface area (TPSA) is 66.9 Å². The second-order valence-electron chi connectivity index (χ2n) is 4.77. The SMILES string of the molecule is Cc1nccc(CNC(=O)CC2CCNCC2)n1. The first kappa shape index (κ1) is 13.0. The summed E-state index contributed by atoms with van der Waals surface area (Å²) in [6.45, 7) is 4.40. The number of piperidine rings is 1. The van der Waals surface area contributed by atoms with E-state index in [0.29, 0.717) is 18.9 Å². The van der Waals surface area contributed by atoms with E-state index in [1.807, 2.05) is 13.0 Å². The van der Waals surface area contributed by atoms with Gasteiger partial charge in [-0.15, -0.1) is 0 Å². The third kappa shape index (κ3) is 4.07. The van der Waals surface area contributed by atoms with Crippen LogP contribution in [0.2, 0.25) is 0 Å². The summed E-state index contributed by atoms with van der Waals surface area (Å²) < 4.78 is 0. The van der Waals surface area contributed by atoms with Crippen LogP contribution >= 0.6 is 0 Å². The van der Waals surface area contributed by atoms with Crippen LogP contribution in [0.1, 0.15) is 30.8 Å². The number of aryl methyl sites for hydroxylation is 1. The molecule has 0 saturated carbocycles. The Bertz CT molecular complexity index is 402. The van der Waals surface area contributed by atoms with E-state index in [1.165, 1.54) is 0 Å². The van der Waals surface area contributed by atoms with Gasteiger partial charge in [0.25, 0.3) is 0 Å². The maximum Gasteiger partial charge on any atom is 0.220 e. The molecule has 0 spiro atoms. The highest BCUT2D eigenvalue weighted by Gasteiger charge is 2.16. The van der Waals surface area contributed by atoms with Crippen LogP contribution in [0, 0.1) is 12.8 Å². The first-order valence-corrected chi connectivity index (χ1v) is 6.50. The Morgan fingerprint density at radius 1 is 1.50 bits per heavy atom. The van der Waals surface area contributed by atoms with Gasteiger partial charge in [0.2, 0.25) is 5.91 Å². The fourth-order valence-corrected chi connectivity index (χ4v) is 2.21. The van der Waals surface area contributed by atoms with Gasteiger partial charge < -0.3 is 10.6 Å². The lowest BCUT2D eigenvalue weighted by Crippen LogP contribution is -2.32. The van der Waals surface area contributed by atoms with Crippen molar-refractivity contribution in [3.05, 3.63) is 23.8 Å². The summed E-state index contributed by atoms with van der Waals surface area (Å²) in [4.78, 5) is 20.1. The molecule has 1 aromatic rings. The summed E-state index contributed by atoms with van der Waals surface area (Å²) in [5.74, 6) is 1.39. The van der Waals surface area contributed by atoms with Gasteiger partial charge in [-0.3, -0.25) is 4.79 Å². The van der Waals surface area contributed by atoms with Crippen molar-refractivity contribution in [1.29, 1.82) is 0 Å². The van der Waals surface area contributed by atoms with E-state index >= 15 is 0 Å². The van der Waals surface area contributed by atoms with Gasteiger partial charge in [-0.25, -0.2) is 9.97 Å². The number of aromatic nitrogens is 2. The summed E-state index contributed by atoms with van der Waals surface area (Å²) in [6, 6.07) is 1.83. The monoisotopic (exact) mass is 248 g/mol. The summed E-state index contributed by atoms with van der Waals surface area (Å²) in [6.07, 6.45) is 4.54. The van der Waals surface area contributed by atoms with Crippen molar-refractivity contribution in [3.8, 4) is 0 Å². The molecule has 0 bridgehead atoms. The lowest BCUT2D eigenvalue weighted by molar-refractivity contribution is -0.122. The molecule has 98 valence electrons. The van der Waals surface area contributed by atoms with Crippen LogP contribution in [-0.2, 0) is 11.3 Å². The van der Waals surface area contributed by atoms with Gasteiger partial charge in [-0.05, 0) is 44.8 Å². The zero-order chi connectivity index (χ0) is 12.8. The van der Waals surface area contributed by atoms with Crippen LogP contribution in [-0.4, -0.2) is 29.0 Å². The molecule has 1 saturated heterocycles. The minimum atomic E-state index is 0.123. The lowest BCUT2D eigenvalue weighted by atomic mass is 9.94. The Balaban J connectivity index is 1.74. The number of amides is 1. The Labute approximate surface area is 107 Å². The Morgan fingerprint density at radius 3 is 3.00 bits per heavy atom. The number of nitrogens with one attached hydrogen (secondary N) is 2. The third-order valence-electron chi connectivity index (χ3n) is 3.23. The molecule has 0 radical (unpaired) electrons. The molecule has 0 atom stereocenters. The van der Waals surface area contributed by atoms with Gasteiger partial charge in [0, 0.05) is 12.6 Å². The molecule has 1 amide bonds. The van der Waals surface area contributed by atoms with Crippen molar-refractivity contribution >= 4 is 5.91 Å². The molecule has 2 heterocycles. The van der Waals surface area contributed by atoms with Crippen molar-refractivity contribution in [1.82, 2.24) is 20.6 Å². The van der Waals surface area contributed by atoms with Gasteiger partial charge in [-0.2, -0.15) is 0 Å². The number of carbonyl (C=O) groups is 1. The maximum absolute atomic E-state index is 11.8. The summed E-state index contributed by atoms with van der Waals surface area (Å²) in [5, 5.41) is 6.23. The summed E-state index contributed by atoms with van der Waals surface area (Å²) in [7, 11) is 0. The molecule has 1 aliphatic rings. The van der Waals surface area contributed by atoms with Crippen molar-refractivity contribution in [2.75, 3.05) is 13.1 Å². The van der Waals surface area contributed by atoms with Crippen LogP contribution in [0.15, 0.2) is 12.3 Å². The van der Waals surface area contributed by atoms with Crippen LogP contribution in [0.5, 0.6) is 0 Å². The highest BCUT2D eigenvalue weighted by Crippen LogP contribution is 2.15. The van der Waals surface area contributed by atoms with E-state index in [-0.39, 0.29) is 5.91 Å². The third-order valence-corrected chi connectivity index (χ3v) is 3.23. The summed E-state index contributed by atoms with van der Waals surface area (Å²) >= 11 is 0. The van der Waals surface area contributed by atoms with E-state index < -0.39 is 0 Å². The maximum atomic E-state index is 11.8. The van der Waals surface area contributed by atoms with Crippen LogP contribution in [0.25, 0.3) is 0 Å². The standard InChI is InChI=1S/C13H20N4O/c1-10-15-7-4-12(17-10)9-16-13(18)8-11-2-5-14-6-3-11/h4,7,11,14H,2-3,5-6,8-9H2,1H3,(H,16,18). The summed E-state index contributed by atoms with van der Waals surface area (Å²) in [5.41, 5.74) is 0.862. The predicted octanol–water partition coefficient (Wildman–Crippen LogP) is 0.791. The fourth-order valence-electron chi connectivity index (χ4n) is 2.21. The lowest BCUT2D eigenvalue weighted by Gasteiger charge is -2.21. The number of nitrogens with zero attached hydrogens (tertiary/aromatic N) is 2. The number of rotatable bonds is 4. The molecule has 0 aromatic carbocycles. The minimum Gasteiger partial charge on any atom is -0.350 e. The normalized spacial score (nSPS) is 16.5. The van der Waals surface area contributed by atoms with Crippen LogP contribution < -0.4 is 10.6 Å². The average molecular weight is 248 g/mol. The first-order valence-electron chi connectivity index (χ1n) is 6.50. The molecule has 1 fully saturated rings. The van der Waals surface area contributed by atoms with E-state index in [1.54, 1.807) is 6.20 Å². The van der Waals surface area contributed by atoms with Gasteiger partial charge in [-0.1, -0.05) is 0 Å². The molecule has 5 heteroatoms. The quantitative estimate of drug-likeness (QED) is 0.826. The Kier molecular flexibility index (Phi) is 4.64. The molecule has 0 aliphatic carbocycles. The predicted molar refractivity (Wildman–Crippen MR) is 68.8 cm³/mol. The van der Waals surface area contributed by atoms with Gasteiger partial charge in [0.15, 0.2) is 0 Å². The van der Waals surface area contributed by atoms with E-state index in [9.17, 15) is 4.79 Å².